The van der Waals surface area contributed by atoms with E-state index in [0.29, 0.717) is 22.8 Å². The first-order chi connectivity index (χ1) is 10.2. The number of rotatable bonds is 6. The van der Waals surface area contributed by atoms with Gasteiger partial charge in [0.25, 0.3) is 5.91 Å². The monoisotopic (exact) mass is 303 g/mol. The number of unbranched alkanes of at least 4 members (excludes halogenated alkanes) is 1. The van der Waals surface area contributed by atoms with Crippen molar-refractivity contribution in [2.24, 2.45) is 0 Å². The summed E-state index contributed by atoms with van der Waals surface area (Å²) in [7, 11) is 0. The van der Waals surface area contributed by atoms with E-state index in [-0.39, 0.29) is 5.91 Å². The number of nitrogen functional groups attached to an aromatic ring is 1. The van der Waals surface area contributed by atoms with Crippen molar-refractivity contribution in [3.63, 3.8) is 0 Å². The Bertz CT molecular complexity index is 602. The SMILES string of the molecule is Nc1ccc(Cl)cc1C(=O)NCCCCc1cccnc1. The van der Waals surface area contributed by atoms with Gasteiger partial charge in [0, 0.05) is 29.6 Å². The number of pyridine rings is 1. The highest BCUT2D eigenvalue weighted by Gasteiger charge is 2.09. The third kappa shape index (κ3) is 4.76. The van der Waals surface area contributed by atoms with Crippen LogP contribution in [0.25, 0.3) is 0 Å². The maximum atomic E-state index is 12.0. The highest BCUT2D eigenvalue weighted by Crippen LogP contribution is 2.17. The topological polar surface area (TPSA) is 68.0 Å². The molecule has 1 heterocycles. The van der Waals surface area contributed by atoms with E-state index in [2.05, 4.69) is 16.4 Å². The fourth-order valence-electron chi connectivity index (χ4n) is 2.02. The van der Waals surface area contributed by atoms with Crippen LogP contribution in [0.1, 0.15) is 28.8 Å². The van der Waals surface area contributed by atoms with E-state index in [9.17, 15) is 4.79 Å². The number of carbonyl (C=O) groups excluding carboxylic acids is 1. The number of aryl methyl sites for hydroxylation is 1. The van der Waals surface area contributed by atoms with Crippen LogP contribution in [-0.2, 0) is 6.42 Å². The average Bonchev–Trinajstić information content (AvgIpc) is 2.50. The molecule has 1 aromatic carbocycles. The molecule has 110 valence electrons. The van der Waals surface area contributed by atoms with Gasteiger partial charge in [-0.05, 0) is 49.1 Å². The molecule has 0 aliphatic heterocycles. The molecule has 21 heavy (non-hydrogen) atoms. The van der Waals surface area contributed by atoms with Crippen LogP contribution in [0.2, 0.25) is 5.02 Å². The van der Waals surface area contributed by atoms with Gasteiger partial charge in [-0.25, -0.2) is 0 Å². The fraction of sp³-hybridized carbons (Fsp3) is 0.250. The van der Waals surface area contributed by atoms with Crippen molar-refractivity contribution in [1.29, 1.82) is 0 Å². The summed E-state index contributed by atoms with van der Waals surface area (Å²) in [6.07, 6.45) is 6.49. The zero-order valence-corrected chi connectivity index (χ0v) is 12.4. The van der Waals surface area contributed by atoms with E-state index in [0.717, 1.165) is 19.3 Å². The number of nitrogens with two attached hydrogens (primary N) is 1. The van der Waals surface area contributed by atoms with Crippen LogP contribution >= 0.6 is 11.6 Å². The number of nitrogens with one attached hydrogen (secondary N) is 1. The first-order valence-electron chi connectivity index (χ1n) is 6.89. The predicted octanol–water partition coefficient (Wildman–Crippen LogP) is 3.07. The molecule has 4 nitrogen and oxygen atoms in total. The number of anilines is 1. The fourth-order valence-corrected chi connectivity index (χ4v) is 2.19. The van der Waals surface area contributed by atoms with E-state index in [4.69, 9.17) is 17.3 Å². The Balaban J connectivity index is 1.73. The van der Waals surface area contributed by atoms with Crippen molar-refractivity contribution in [1.82, 2.24) is 10.3 Å². The Morgan fingerprint density at radius 1 is 1.29 bits per heavy atom. The van der Waals surface area contributed by atoms with Crippen LogP contribution < -0.4 is 11.1 Å². The average molecular weight is 304 g/mol. The molecule has 0 fully saturated rings. The number of amides is 1. The van der Waals surface area contributed by atoms with Crippen LogP contribution in [0.5, 0.6) is 0 Å². The van der Waals surface area contributed by atoms with E-state index in [1.165, 1.54) is 5.56 Å². The predicted molar refractivity (Wildman–Crippen MR) is 85.4 cm³/mol. The summed E-state index contributed by atoms with van der Waals surface area (Å²) in [6, 6.07) is 8.88. The molecule has 1 amide bonds. The van der Waals surface area contributed by atoms with Crippen LogP contribution in [0.3, 0.4) is 0 Å². The molecular weight excluding hydrogens is 286 g/mol. The van der Waals surface area contributed by atoms with Crippen LogP contribution in [0.4, 0.5) is 5.69 Å². The summed E-state index contributed by atoms with van der Waals surface area (Å²) in [6.45, 7) is 0.616. The molecule has 0 aliphatic rings. The lowest BCUT2D eigenvalue weighted by Gasteiger charge is -2.08. The molecule has 2 aromatic rings. The maximum Gasteiger partial charge on any atom is 0.253 e. The summed E-state index contributed by atoms with van der Waals surface area (Å²) in [5.41, 5.74) is 7.84. The van der Waals surface area contributed by atoms with E-state index < -0.39 is 0 Å². The van der Waals surface area contributed by atoms with Gasteiger partial charge in [-0.15, -0.1) is 0 Å². The molecule has 1 aromatic heterocycles. The number of carbonyl (C=O) groups is 1. The summed E-state index contributed by atoms with van der Waals surface area (Å²) < 4.78 is 0. The minimum atomic E-state index is -0.184. The standard InChI is InChI=1S/C16H18ClN3O/c17-13-6-7-15(18)14(10-13)16(21)20-9-2-1-4-12-5-3-8-19-11-12/h3,5-8,10-11H,1-2,4,9,18H2,(H,20,21). The Labute approximate surface area is 129 Å². The van der Waals surface area contributed by atoms with E-state index >= 15 is 0 Å². The molecule has 0 unspecified atom stereocenters. The van der Waals surface area contributed by atoms with Gasteiger partial charge in [-0.3, -0.25) is 9.78 Å². The van der Waals surface area contributed by atoms with Crippen LogP contribution in [0.15, 0.2) is 42.7 Å². The lowest BCUT2D eigenvalue weighted by Crippen LogP contribution is -2.25. The number of benzene rings is 1. The van der Waals surface area contributed by atoms with Gasteiger partial charge in [0.05, 0.1) is 5.56 Å². The number of nitrogens with zero attached hydrogens (tertiary/aromatic N) is 1. The molecule has 0 bridgehead atoms. The highest BCUT2D eigenvalue weighted by atomic mass is 35.5. The molecule has 5 heteroatoms. The number of halogens is 1. The summed E-state index contributed by atoms with van der Waals surface area (Å²) in [5.74, 6) is -0.184. The largest absolute Gasteiger partial charge is 0.398 e. The van der Waals surface area contributed by atoms with Crippen molar-refractivity contribution in [2.45, 2.75) is 19.3 Å². The third-order valence-electron chi connectivity index (χ3n) is 3.16. The lowest BCUT2D eigenvalue weighted by molar-refractivity contribution is 0.0954. The minimum Gasteiger partial charge on any atom is -0.398 e. The Morgan fingerprint density at radius 3 is 2.90 bits per heavy atom. The van der Waals surface area contributed by atoms with E-state index in [1.807, 2.05) is 12.3 Å². The quantitative estimate of drug-likeness (QED) is 0.636. The lowest BCUT2D eigenvalue weighted by atomic mass is 10.1. The maximum absolute atomic E-state index is 12.0. The van der Waals surface area contributed by atoms with Gasteiger partial charge in [0.15, 0.2) is 0 Å². The number of hydrogen-bond donors (Lipinski definition) is 2. The number of aromatic nitrogens is 1. The van der Waals surface area contributed by atoms with Crippen molar-refractivity contribution in [2.75, 3.05) is 12.3 Å². The first kappa shape index (κ1) is 15.3. The smallest absolute Gasteiger partial charge is 0.253 e. The second-order valence-corrected chi connectivity index (χ2v) is 5.24. The minimum absolute atomic E-state index is 0.184. The van der Waals surface area contributed by atoms with Gasteiger partial charge in [0.2, 0.25) is 0 Å². The van der Waals surface area contributed by atoms with Crippen molar-refractivity contribution >= 4 is 23.2 Å². The molecule has 3 N–H and O–H groups in total. The first-order valence-corrected chi connectivity index (χ1v) is 7.27. The molecule has 0 radical (unpaired) electrons. The van der Waals surface area contributed by atoms with Gasteiger partial charge in [0.1, 0.15) is 0 Å². The Hall–Kier alpha value is -2.07. The van der Waals surface area contributed by atoms with Gasteiger partial charge in [-0.1, -0.05) is 17.7 Å². The normalized spacial score (nSPS) is 10.3. The van der Waals surface area contributed by atoms with Crippen LogP contribution in [0, 0.1) is 0 Å². The zero-order chi connectivity index (χ0) is 15.1. The Kier molecular flexibility index (Phi) is 5.58. The van der Waals surface area contributed by atoms with E-state index in [1.54, 1.807) is 24.4 Å². The van der Waals surface area contributed by atoms with Crippen molar-refractivity contribution in [3.05, 3.63) is 58.9 Å². The second-order valence-electron chi connectivity index (χ2n) is 4.81. The molecule has 0 saturated heterocycles. The zero-order valence-electron chi connectivity index (χ0n) is 11.7. The van der Waals surface area contributed by atoms with Crippen molar-refractivity contribution in [3.8, 4) is 0 Å². The van der Waals surface area contributed by atoms with Crippen molar-refractivity contribution < 1.29 is 4.79 Å². The molecule has 2 rings (SSSR count). The highest BCUT2D eigenvalue weighted by molar-refractivity contribution is 6.31. The molecule has 0 saturated carbocycles. The summed E-state index contributed by atoms with van der Waals surface area (Å²) in [4.78, 5) is 16.1. The number of hydrogen-bond acceptors (Lipinski definition) is 3. The third-order valence-corrected chi connectivity index (χ3v) is 3.40. The molecular formula is C16H18ClN3O. The molecule has 0 aliphatic carbocycles. The Morgan fingerprint density at radius 2 is 2.14 bits per heavy atom. The van der Waals surface area contributed by atoms with Crippen LogP contribution in [-0.4, -0.2) is 17.4 Å². The molecule has 0 spiro atoms. The van der Waals surface area contributed by atoms with Gasteiger partial charge >= 0.3 is 0 Å². The van der Waals surface area contributed by atoms with Gasteiger partial charge < -0.3 is 11.1 Å². The summed E-state index contributed by atoms with van der Waals surface area (Å²) >= 11 is 5.87. The molecule has 0 atom stereocenters. The summed E-state index contributed by atoms with van der Waals surface area (Å²) in [5, 5.41) is 3.37. The second kappa shape index (κ2) is 7.64. The van der Waals surface area contributed by atoms with Gasteiger partial charge in [-0.2, -0.15) is 0 Å².